The molecule has 0 radical (unpaired) electrons. The molecule has 0 aliphatic rings. The standard InChI is InChI=1S/C11H10F2N2S/c1-15-6-5-14-11(15)16-7-8-3-2-4-9(12)10(8)13/h2-6H,7H2,1H3. The van der Waals surface area contributed by atoms with Crippen molar-refractivity contribution >= 4 is 11.8 Å². The second kappa shape index (κ2) is 4.65. The molecule has 0 amide bonds. The van der Waals surface area contributed by atoms with Crippen LogP contribution in [0, 0.1) is 11.6 Å². The van der Waals surface area contributed by atoms with E-state index < -0.39 is 11.6 Å². The van der Waals surface area contributed by atoms with Crippen LogP contribution in [0.2, 0.25) is 0 Å². The van der Waals surface area contributed by atoms with Crippen LogP contribution in [-0.4, -0.2) is 9.55 Å². The third-order valence-corrected chi connectivity index (χ3v) is 3.27. The van der Waals surface area contributed by atoms with Gasteiger partial charge in [0.25, 0.3) is 0 Å². The zero-order valence-corrected chi connectivity index (χ0v) is 9.47. The van der Waals surface area contributed by atoms with Gasteiger partial charge in [0.1, 0.15) is 0 Å². The van der Waals surface area contributed by atoms with E-state index in [4.69, 9.17) is 0 Å². The van der Waals surface area contributed by atoms with E-state index in [2.05, 4.69) is 4.98 Å². The Balaban J connectivity index is 2.11. The van der Waals surface area contributed by atoms with Crippen molar-refractivity contribution in [3.05, 3.63) is 47.8 Å². The fraction of sp³-hybridized carbons (Fsp3) is 0.182. The van der Waals surface area contributed by atoms with Crippen molar-refractivity contribution in [2.75, 3.05) is 0 Å². The Morgan fingerprint density at radius 3 is 2.88 bits per heavy atom. The van der Waals surface area contributed by atoms with Crippen molar-refractivity contribution in [2.45, 2.75) is 10.9 Å². The highest BCUT2D eigenvalue weighted by atomic mass is 32.2. The van der Waals surface area contributed by atoms with Crippen LogP contribution in [0.15, 0.2) is 35.7 Å². The van der Waals surface area contributed by atoms with E-state index in [-0.39, 0.29) is 0 Å². The summed E-state index contributed by atoms with van der Waals surface area (Å²) < 4.78 is 28.1. The predicted molar refractivity (Wildman–Crippen MR) is 59.1 cm³/mol. The molecule has 0 spiro atoms. The average molecular weight is 240 g/mol. The molecule has 2 rings (SSSR count). The van der Waals surface area contributed by atoms with Crippen molar-refractivity contribution < 1.29 is 8.78 Å². The Hall–Kier alpha value is -1.36. The Morgan fingerprint density at radius 2 is 2.19 bits per heavy atom. The zero-order chi connectivity index (χ0) is 11.5. The molecule has 0 bridgehead atoms. The molecule has 2 nitrogen and oxygen atoms in total. The first kappa shape index (κ1) is 11.1. The van der Waals surface area contributed by atoms with Crippen LogP contribution in [0.4, 0.5) is 8.78 Å². The highest BCUT2D eigenvalue weighted by Crippen LogP contribution is 2.22. The largest absolute Gasteiger partial charge is 0.329 e. The topological polar surface area (TPSA) is 17.8 Å². The van der Waals surface area contributed by atoms with Gasteiger partial charge >= 0.3 is 0 Å². The molecule has 0 fully saturated rings. The van der Waals surface area contributed by atoms with Gasteiger partial charge in [-0.15, -0.1) is 0 Å². The van der Waals surface area contributed by atoms with Crippen LogP contribution in [-0.2, 0) is 12.8 Å². The number of aromatic nitrogens is 2. The maximum absolute atomic E-state index is 13.3. The molecule has 1 aromatic carbocycles. The van der Waals surface area contributed by atoms with Gasteiger partial charge in [0, 0.05) is 30.8 Å². The lowest BCUT2D eigenvalue weighted by Crippen LogP contribution is -1.94. The second-order valence-corrected chi connectivity index (χ2v) is 4.26. The molecule has 2 aromatic rings. The number of benzene rings is 1. The molecule has 16 heavy (non-hydrogen) atoms. The quantitative estimate of drug-likeness (QED) is 0.767. The maximum atomic E-state index is 13.3. The number of rotatable bonds is 3. The first-order chi connectivity index (χ1) is 7.68. The Labute approximate surface area is 96.3 Å². The highest BCUT2D eigenvalue weighted by molar-refractivity contribution is 7.98. The van der Waals surface area contributed by atoms with Gasteiger partial charge in [-0.2, -0.15) is 0 Å². The summed E-state index contributed by atoms with van der Waals surface area (Å²) in [6, 6.07) is 4.20. The summed E-state index contributed by atoms with van der Waals surface area (Å²) in [4.78, 5) is 4.09. The molecule has 0 atom stereocenters. The van der Waals surface area contributed by atoms with Crippen LogP contribution >= 0.6 is 11.8 Å². The lowest BCUT2D eigenvalue weighted by Gasteiger charge is -2.03. The van der Waals surface area contributed by atoms with E-state index in [0.717, 1.165) is 11.2 Å². The third-order valence-electron chi connectivity index (χ3n) is 2.17. The second-order valence-electron chi connectivity index (χ2n) is 3.32. The molecule has 1 aromatic heterocycles. The number of hydrogen-bond donors (Lipinski definition) is 0. The van der Waals surface area contributed by atoms with Crippen molar-refractivity contribution in [1.82, 2.24) is 9.55 Å². The number of nitrogens with zero attached hydrogens (tertiary/aromatic N) is 2. The molecule has 5 heteroatoms. The van der Waals surface area contributed by atoms with E-state index in [9.17, 15) is 8.78 Å². The number of thioether (sulfide) groups is 1. The normalized spacial score (nSPS) is 10.7. The molecular formula is C11H10F2N2S. The molecule has 0 N–H and O–H groups in total. The minimum absolute atomic E-state index is 0.355. The van der Waals surface area contributed by atoms with Crippen molar-refractivity contribution in [1.29, 1.82) is 0 Å². The predicted octanol–water partition coefficient (Wildman–Crippen LogP) is 2.99. The summed E-state index contributed by atoms with van der Waals surface area (Å²) in [5.41, 5.74) is 0.355. The van der Waals surface area contributed by atoms with Crippen molar-refractivity contribution in [3.63, 3.8) is 0 Å². The Morgan fingerprint density at radius 1 is 1.38 bits per heavy atom. The molecule has 0 aliphatic carbocycles. The minimum atomic E-state index is -0.807. The number of imidazole rings is 1. The SMILES string of the molecule is Cn1ccnc1SCc1cccc(F)c1F. The summed E-state index contributed by atoms with van der Waals surface area (Å²) in [5, 5.41) is 0.781. The summed E-state index contributed by atoms with van der Waals surface area (Å²) in [5.74, 6) is -1.21. The Bertz CT molecular complexity index is 496. The van der Waals surface area contributed by atoms with Crippen molar-refractivity contribution in [3.8, 4) is 0 Å². The first-order valence-electron chi connectivity index (χ1n) is 4.71. The van der Waals surface area contributed by atoms with E-state index in [1.165, 1.54) is 17.8 Å². The number of aryl methyl sites for hydroxylation is 1. The first-order valence-corrected chi connectivity index (χ1v) is 5.70. The number of halogens is 2. The molecule has 0 aliphatic heterocycles. The van der Waals surface area contributed by atoms with Gasteiger partial charge in [0.05, 0.1) is 0 Å². The van der Waals surface area contributed by atoms with Crippen LogP contribution in [0.3, 0.4) is 0 Å². The van der Waals surface area contributed by atoms with Gasteiger partial charge in [-0.25, -0.2) is 13.8 Å². The fourth-order valence-corrected chi connectivity index (χ4v) is 2.20. The monoisotopic (exact) mass is 240 g/mol. The summed E-state index contributed by atoms with van der Waals surface area (Å²) in [6.45, 7) is 0. The van der Waals surface area contributed by atoms with Crippen LogP contribution in [0.5, 0.6) is 0 Å². The Kier molecular flexibility index (Phi) is 3.24. The lowest BCUT2D eigenvalue weighted by atomic mass is 10.2. The van der Waals surface area contributed by atoms with Crippen LogP contribution < -0.4 is 0 Å². The van der Waals surface area contributed by atoms with Gasteiger partial charge in [0.2, 0.25) is 0 Å². The summed E-state index contributed by atoms with van der Waals surface area (Å²) in [6.07, 6.45) is 3.48. The number of hydrogen-bond acceptors (Lipinski definition) is 2. The molecule has 0 unspecified atom stereocenters. The minimum Gasteiger partial charge on any atom is -0.329 e. The van der Waals surface area contributed by atoms with Crippen LogP contribution in [0.1, 0.15) is 5.56 Å². The van der Waals surface area contributed by atoms with Gasteiger partial charge in [0.15, 0.2) is 16.8 Å². The molecule has 0 saturated heterocycles. The molecule has 0 saturated carbocycles. The molecule has 1 heterocycles. The van der Waals surface area contributed by atoms with Gasteiger partial charge in [-0.05, 0) is 6.07 Å². The molecular weight excluding hydrogens is 230 g/mol. The van der Waals surface area contributed by atoms with E-state index >= 15 is 0 Å². The smallest absolute Gasteiger partial charge is 0.167 e. The summed E-state index contributed by atoms with van der Waals surface area (Å²) >= 11 is 1.37. The molecule has 84 valence electrons. The maximum Gasteiger partial charge on any atom is 0.167 e. The highest BCUT2D eigenvalue weighted by Gasteiger charge is 2.08. The van der Waals surface area contributed by atoms with Gasteiger partial charge in [-0.1, -0.05) is 23.9 Å². The average Bonchev–Trinajstić information content (AvgIpc) is 2.67. The third kappa shape index (κ3) is 2.24. The van der Waals surface area contributed by atoms with Gasteiger partial charge in [-0.3, -0.25) is 0 Å². The van der Waals surface area contributed by atoms with E-state index in [1.807, 2.05) is 17.8 Å². The van der Waals surface area contributed by atoms with Crippen molar-refractivity contribution in [2.24, 2.45) is 7.05 Å². The van der Waals surface area contributed by atoms with Crippen LogP contribution in [0.25, 0.3) is 0 Å². The lowest BCUT2D eigenvalue weighted by molar-refractivity contribution is 0.502. The zero-order valence-electron chi connectivity index (χ0n) is 8.65. The van der Waals surface area contributed by atoms with E-state index in [1.54, 1.807) is 12.3 Å². The fourth-order valence-electron chi connectivity index (χ4n) is 1.29. The van der Waals surface area contributed by atoms with Gasteiger partial charge < -0.3 is 4.57 Å². The summed E-state index contributed by atoms with van der Waals surface area (Å²) in [7, 11) is 1.86. The van der Waals surface area contributed by atoms with E-state index in [0.29, 0.717) is 11.3 Å².